The van der Waals surface area contributed by atoms with Gasteiger partial charge in [0, 0.05) is 6.54 Å². The topological polar surface area (TPSA) is 47.6 Å². The molecule has 0 aliphatic rings. The molecule has 0 atom stereocenters. The Labute approximate surface area is 103 Å². The van der Waals surface area contributed by atoms with E-state index in [9.17, 15) is 4.79 Å². The Balaban J connectivity index is 0.00000121. The molecule has 1 aromatic carbocycles. The minimum Gasteiger partial charge on any atom is -0.493 e. The fourth-order valence-corrected chi connectivity index (χ4v) is 1.31. The standard InChI is InChI=1S/C11H15NO3.C2H6/c1-14-10-4-3-9(5-6-12-8-13)7-11(10)15-2;1-2/h3-4,7-8H,5-6H2,1-2H3,(H,12,13);1-2H3. The van der Waals surface area contributed by atoms with E-state index in [1.165, 1.54) is 0 Å². The molecule has 0 heterocycles. The first kappa shape index (κ1) is 15.3. The van der Waals surface area contributed by atoms with Gasteiger partial charge in [0.05, 0.1) is 14.2 Å². The van der Waals surface area contributed by atoms with Crippen LogP contribution in [0.3, 0.4) is 0 Å². The van der Waals surface area contributed by atoms with E-state index >= 15 is 0 Å². The van der Waals surface area contributed by atoms with Gasteiger partial charge in [-0.05, 0) is 24.1 Å². The van der Waals surface area contributed by atoms with Gasteiger partial charge < -0.3 is 14.8 Å². The molecule has 0 spiro atoms. The van der Waals surface area contributed by atoms with Crippen LogP contribution in [0.5, 0.6) is 11.5 Å². The molecule has 0 aromatic heterocycles. The van der Waals surface area contributed by atoms with Crippen molar-refractivity contribution in [2.24, 2.45) is 0 Å². The summed E-state index contributed by atoms with van der Waals surface area (Å²) < 4.78 is 10.3. The van der Waals surface area contributed by atoms with Gasteiger partial charge in [0.1, 0.15) is 0 Å². The number of nitrogens with one attached hydrogen (secondary N) is 1. The van der Waals surface area contributed by atoms with E-state index in [4.69, 9.17) is 9.47 Å². The molecule has 1 rings (SSSR count). The predicted octanol–water partition coefficient (Wildman–Crippen LogP) is 2.02. The maximum Gasteiger partial charge on any atom is 0.207 e. The summed E-state index contributed by atoms with van der Waals surface area (Å²) in [5, 5.41) is 2.61. The molecule has 96 valence electrons. The smallest absolute Gasteiger partial charge is 0.207 e. The summed E-state index contributed by atoms with van der Waals surface area (Å²) >= 11 is 0. The Morgan fingerprint density at radius 2 is 1.82 bits per heavy atom. The summed E-state index contributed by atoms with van der Waals surface area (Å²) in [5.74, 6) is 1.42. The zero-order valence-electron chi connectivity index (χ0n) is 10.9. The third kappa shape index (κ3) is 5.24. The lowest BCUT2D eigenvalue weighted by atomic mass is 10.1. The van der Waals surface area contributed by atoms with Crippen molar-refractivity contribution in [3.63, 3.8) is 0 Å². The van der Waals surface area contributed by atoms with E-state index in [1.807, 2.05) is 32.0 Å². The van der Waals surface area contributed by atoms with Crippen LogP contribution >= 0.6 is 0 Å². The van der Waals surface area contributed by atoms with E-state index in [0.717, 1.165) is 12.0 Å². The molecular formula is C13H21NO3. The second-order valence-electron chi connectivity index (χ2n) is 3.01. The molecule has 0 aliphatic carbocycles. The average molecular weight is 239 g/mol. The number of methoxy groups -OCH3 is 2. The second kappa shape index (κ2) is 9.51. The van der Waals surface area contributed by atoms with Gasteiger partial charge in [-0.2, -0.15) is 0 Å². The van der Waals surface area contributed by atoms with Gasteiger partial charge in [-0.1, -0.05) is 19.9 Å². The molecule has 1 aromatic rings. The number of rotatable bonds is 6. The molecular weight excluding hydrogens is 218 g/mol. The van der Waals surface area contributed by atoms with E-state index in [0.29, 0.717) is 24.5 Å². The minimum absolute atomic E-state index is 0.624. The van der Waals surface area contributed by atoms with Gasteiger partial charge in [-0.15, -0.1) is 0 Å². The maximum atomic E-state index is 10.1. The Bertz CT molecular complexity index is 326. The highest BCUT2D eigenvalue weighted by atomic mass is 16.5. The zero-order chi connectivity index (χ0) is 13.1. The molecule has 0 saturated carbocycles. The summed E-state index contributed by atoms with van der Waals surface area (Å²) in [5.41, 5.74) is 1.10. The van der Waals surface area contributed by atoms with Crippen LogP contribution in [0, 0.1) is 0 Å². The number of carbonyl (C=O) groups excluding carboxylic acids is 1. The van der Waals surface area contributed by atoms with Crippen LogP contribution in [0.15, 0.2) is 18.2 Å². The normalized spacial score (nSPS) is 8.71. The summed E-state index contributed by atoms with van der Waals surface area (Å²) in [6.07, 6.45) is 1.47. The Hall–Kier alpha value is -1.71. The van der Waals surface area contributed by atoms with Crippen LogP contribution in [0.1, 0.15) is 19.4 Å². The summed E-state index contributed by atoms with van der Waals surface area (Å²) in [6, 6.07) is 5.72. The van der Waals surface area contributed by atoms with E-state index < -0.39 is 0 Å². The third-order valence-electron chi connectivity index (χ3n) is 2.09. The Morgan fingerprint density at radius 1 is 1.18 bits per heavy atom. The van der Waals surface area contributed by atoms with Crippen LogP contribution in [0.4, 0.5) is 0 Å². The highest BCUT2D eigenvalue weighted by Crippen LogP contribution is 2.27. The molecule has 4 nitrogen and oxygen atoms in total. The highest BCUT2D eigenvalue weighted by Gasteiger charge is 2.03. The SMILES string of the molecule is CC.COc1ccc(CCNC=O)cc1OC. The molecule has 0 fully saturated rings. The quantitative estimate of drug-likeness (QED) is 0.610. The number of hydrogen-bond acceptors (Lipinski definition) is 3. The van der Waals surface area contributed by atoms with E-state index in [1.54, 1.807) is 14.2 Å². The van der Waals surface area contributed by atoms with Crippen molar-refractivity contribution in [3.8, 4) is 11.5 Å². The number of ether oxygens (including phenoxy) is 2. The summed E-state index contributed by atoms with van der Waals surface area (Å²) in [7, 11) is 3.21. The lowest BCUT2D eigenvalue weighted by molar-refractivity contribution is -0.109. The van der Waals surface area contributed by atoms with Crippen molar-refractivity contribution >= 4 is 6.41 Å². The average Bonchev–Trinajstić information content (AvgIpc) is 2.41. The molecule has 0 aliphatic heterocycles. The molecule has 1 N–H and O–H groups in total. The first-order chi connectivity index (χ1) is 8.31. The molecule has 0 bridgehead atoms. The lowest BCUT2D eigenvalue weighted by Gasteiger charge is -2.09. The second-order valence-corrected chi connectivity index (χ2v) is 3.01. The van der Waals surface area contributed by atoms with Gasteiger partial charge in [0.2, 0.25) is 6.41 Å². The monoisotopic (exact) mass is 239 g/mol. The van der Waals surface area contributed by atoms with Crippen molar-refractivity contribution in [2.45, 2.75) is 20.3 Å². The minimum atomic E-state index is 0.624. The van der Waals surface area contributed by atoms with Gasteiger partial charge in [-0.3, -0.25) is 4.79 Å². The highest BCUT2D eigenvalue weighted by molar-refractivity contribution is 5.46. The van der Waals surface area contributed by atoms with Crippen LogP contribution in [-0.4, -0.2) is 27.2 Å². The van der Waals surface area contributed by atoms with Gasteiger partial charge in [0.15, 0.2) is 11.5 Å². The number of amides is 1. The molecule has 0 radical (unpaired) electrons. The fourth-order valence-electron chi connectivity index (χ4n) is 1.31. The molecule has 4 heteroatoms. The zero-order valence-corrected chi connectivity index (χ0v) is 10.9. The fraction of sp³-hybridized carbons (Fsp3) is 0.462. The van der Waals surface area contributed by atoms with Crippen LogP contribution < -0.4 is 14.8 Å². The van der Waals surface area contributed by atoms with Crippen molar-refractivity contribution in [1.82, 2.24) is 5.32 Å². The largest absolute Gasteiger partial charge is 0.493 e. The Kier molecular flexibility index (Phi) is 8.55. The summed E-state index contributed by atoms with van der Waals surface area (Å²) in [6.45, 7) is 4.62. The maximum absolute atomic E-state index is 10.1. The van der Waals surface area contributed by atoms with Crippen molar-refractivity contribution in [3.05, 3.63) is 23.8 Å². The van der Waals surface area contributed by atoms with Gasteiger partial charge in [0.25, 0.3) is 0 Å². The predicted molar refractivity (Wildman–Crippen MR) is 68.7 cm³/mol. The van der Waals surface area contributed by atoms with Crippen molar-refractivity contribution in [2.75, 3.05) is 20.8 Å². The van der Waals surface area contributed by atoms with Crippen molar-refractivity contribution in [1.29, 1.82) is 0 Å². The van der Waals surface area contributed by atoms with Crippen molar-refractivity contribution < 1.29 is 14.3 Å². The number of hydrogen-bond donors (Lipinski definition) is 1. The molecule has 0 unspecified atom stereocenters. The summed E-state index contributed by atoms with van der Waals surface area (Å²) in [4.78, 5) is 10.1. The van der Waals surface area contributed by atoms with Crippen LogP contribution in [0.2, 0.25) is 0 Å². The van der Waals surface area contributed by atoms with Gasteiger partial charge in [-0.25, -0.2) is 0 Å². The molecule has 1 amide bonds. The molecule has 17 heavy (non-hydrogen) atoms. The third-order valence-corrected chi connectivity index (χ3v) is 2.09. The molecule has 0 saturated heterocycles. The first-order valence-corrected chi connectivity index (χ1v) is 5.69. The Morgan fingerprint density at radius 3 is 2.35 bits per heavy atom. The van der Waals surface area contributed by atoms with Gasteiger partial charge >= 0.3 is 0 Å². The number of benzene rings is 1. The van der Waals surface area contributed by atoms with E-state index in [-0.39, 0.29) is 0 Å². The first-order valence-electron chi connectivity index (χ1n) is 5.69. The lowest BCUT2D eigenvalue weighted by Crippen LogP contribution is -2.14. The van der Waals surface area contributed by atoms with E-state index in [2.05, 4.69) is 5.32 Å². The van der Waals surface area contributed by atoms with Crippen LogP contribution in [0.25, 0.3) is 0 Å². The van der Waals surface area contributed by atoms with Crippen LogP contribution in [-0.2, 0) is 11.2 Å². The number of carbonyl (C=O) groups is 1.